The van der Waals surface area contributed by atoms with E-state index < -0.39 is 0 Å². The Morgan fingerprint density at radius 3 is 2.05 bits per heavy atom. The summed E-state index contributed by atoms with van der Waals surface area (Å²) >= 11 is 11.6. The lowest BCUT2D eigenvalue weighted by atomic mass is 10.00. The highest BCUT2D eigenvalue weighted by atomic mass is 35.5. The zero-order chi connectivity index (χ0) is 14.1. The van der Waals surface area contributed by atoms with Gasteiger partial charge in [-0.25, -0.2) is 0 Å². The average molecular weight is 305 g/mol. The maximum absolute atomic E-state index is 6.06. The third kappa shape index (κ3) is 5.39. The normalized spacial score (nSPS) is 11.2. The maximum atomic E-state index is 6.06. The summed E-state index contributed by atoms with van der Waals surface area (Å²) in [5, 5.41) is 0. The minimum atomic E-state index is 0.697. The van der Waals surface area contributed by atoms with Crippen LogP contribution in [-0.2, 0) is 19.3 Å². The number of hydrogen-bond acceptors (Lipinski definition) is 1. The van der Waals surface area contributed by atoms with Crippen LogP contribution in [0.3, 0.4) is 0 Å². The van der Waals surface area contributed by atoms with Crippen molar-refractivity contribution in [1.29, 1.82) is 0 Å². The quantitative estimate of drug-likeness (QED) is 0.401. The molecule has 0 unspecified atom stereocenters. The summed E-state index contributed by atoms with van der Waals surface area (Å²) < 4.78 is 6.06. The standard InChI is InChI=1S/C16H26Cl2O/c1-3-4-5-8-14-13(2)15(9-6-11-17)19-16(14)10-7-12-18/h3-12H2,1-2H3. The Morgan fingerprint density at radius 1 is 0.842 bits per heavy atom. The largest absolute Gasteiger partial charge is 0.466 e. The lowest BCUT2D eigenvalue weighted by Gasteiger charge is -2.03. The molecule has 0 amide bonds. The topological polar surface area (TPSA) is 13.1 Å². The molecule has 3 heteroatoms. The summed E-state index contributed by atoms with van der Waals surface area (Å²) in [5.41, 5.74) is 2.79. The number of halogens is 2. The fraction of sp³-hybridized carbons (Fsp3) is 0.750. The molecule has 1 aromatic rings. The van der Waals surface area contributed by atoms with Crippen molar-refractivity contribution in [1.82, 2.24) is 0 Å². The molecular formula is C16H26Cl2O. The van der Waals surface area contributed by atoms with Gasteiger partial charge in [0.1, 0.15) is 11.5 Å². The molecule has 0 saturated heterocycles. The molecule has 110 valence electrons. The molecule has 1 heterocycles. The molecule has 0 radical (unpaired) electrons. The summed E-state index contributed by atoms with van der Waals surface area (Å²) in [5.74, 6) is 3.70. The monoisotopic (exact) mass is 304 g/mol. The van der Waals surface area contributed by atoms with Gasteiger partial charge < -0.3 is 4.42 Å². The molecule has 19 heavy (non-hydrogen) atoms. The van der Waals surface area contributed by atoms with Gasteiger partial charge in [-0.05, 0) is 43.7 Å². The third-order valence-corrected chi connectivity index (χ3v) is 4.09. The first kappa shape index (κ1) is 16.9. The average Bonchev–Trinajstić information content (AvgIpc) is 2.71. The molecule has 0 atom stereocenters. The fourth-order valence-electron chi connectivity index (χ4n) is 2.44. The first-order chi connectivity index (χ1) is 9.24. The van der Waals surface area contributed by atoms with Crippen molar-refractivity contribution in [2.24, 2.45) is 0 Å². The van der Waals surface area contributed by atoms with Crippen LogP contribution in [0.15, 0.2) is 4.42 Å². The van der Waals surface area contributed by atoms with Gasteiger partial charge in [0.15, 0.2) is 0 Å². The number of unbranched alkanes of at least 4 members (excludes halogenated alkanes) is 2. The van der Waals surface area contributed by atoms with Crippen LogP contribution in [0.25, 0.3) is 0 Å². The lowest BCUT2D eigenvalue weighted by Crippen LogP contribution is -1.94. The van der Waals surface area contributed by atoms with Crippen molar-refractivity contribution in [3.8, 4) is 0 Å². The molecule has 1 rings (SSSR count). The molecule has 1 nitrogen and oxygen atoms in total. The van der Waals surface area contributed by atoms with Gasteiger partial charge in [-0.3, -0.25) is 0 Å². The van der Waals surface area contributed by atoms with Gasteiger partial charge in [0.2, 0.25) is 0 Å². The van der Waals surface area contributed by atoms with E-state index in [2.05, 4.69) is 13.8 Å². The van der Waals surface area contributed by atoms with Crippen LogP contribution >= 0.6 is 23.2 Å². The molecule has 0 aromatic carbocycles. The van der Waals surface area contributed by atoms with Crippen LogP contribution in [0.2, 0.25) is 0 Å². The van der Waals surface area contributed by atoms with Crippen molar-refractivity contribution < 1.29 is 4.42 Å². The number of aryl methyl sites for hydroxylation is 2. The van der Waals surface area contributed by atoms with Crippen LogP contribution in [0, 0.1) is 6.92 Å². The smallest absolute Gasteiger partial charge is 0.107 e. The van der Waals surface area contributed by atoms with E-state index in [1.807, 2.05) is 0 Å². The Bertz CT molecular complexity index is 358. The summed E-state index contributed by atoms with van der Waals surface area (Å²) in [6, 6.07) is 0. The molecule has 0 bridgehead atoms. The second kappa shape index (κ2) is 9.72. The highest BCUT2D eigenvalue weighted by Gasteiger charge is 2.15. The van der Waals surface area contributed by atoms with E-state index in [1.165, 1.54) is 36.1 Å². The van der Waals surface area contributed by atoms with Gasteiger partial charge in [-0.15, -0.1) is 23.2 Å². The van der Waals surface area contributed by atoms with Gasteiger partial charge in [-0.2, -0.15) is 0 Å². The Hall–Kier alpha value is -0.140. The molecule has 0 aliphatic rings. The molecule has 0 saturated carbocycles. The lowest BCUT2D eigenvalue weighted by molar-refractivity contribution is 0.455. The number of furan rings is 1. The van der Waals surface area contributed by atoms with E-state index in [-0.39, 0.29) is 0 Å². The van der Waals surface area contributed by atoms with Crippen molar-refractivity contribution in [2.45, 2.75) is 65.2 Å². The minimum Gasteiger partial charge on any atom is -0.466 e. The summed E-state index contributed by atoms with van der Waals surface area (Å²) in [7, 11) is 0. The van der Waals surface area contributed by atoms with Gasteiger partial charge in [-0.1, -0.05) is 19.8 Å². The molecule has 0 aliphatic carbocycles. The van der Waals surface area contributed by atoms with Crippen LogP contribution in [-0.4, -0.2) is 11.8 Å². The summed E-state index contributed by atoms with van der Waals surface area (Å²) in [4.78, 5) is 0. The van der Waals surface area contributed by atoms with Crippen molar-refractivity contribution >= 4 is 23.2 Å². The van der Waals surface area contributed by atoms with Gasteiger partial charge in [0, 0.05) is 24.6 Å². The Balaban J connectivity index is 2.78. The molecule has 0 N–H and O–H groups in total. The molecule has 1 aromatic heterocycles. The highest BCUT2D eigenvalue weighted by molar-refractivity contribution is 6.18. The minimum absolute atomic E-state index is 0.697. The van der Waals surface area contributed by atoms with Crippen LogP contribution < -0.4 is 0 Å². The number of rotatable bonds is 10. The second-order valence-corrected chi connectivity index (χ2v) is 5.85. The molecule has 0 aliphatic heterocycles. The van der Waals surface area contributed by atoms with Crippen LogP contribution in [0.1, 0.15) is 61.7 Å². The fourth-order valence-corrected chi connectivity index (χ4v) is 2.71. The van der Waals surface area contributed by atoms with Crippen LogP contribution in [0.4, 0.5) is 0 Å². The molecule has 0 spiro atoms. The summed E-state index contributed by atoms with van der Waals surface area (Å²) in [6.45, 7) is 4.43. The van der Waals surface area contributed by atoms with Crippen molar-refractivity contribution in [3.05, 3.63) is 22.6 Å². The van der Waals surface area contributed by atoms with Crippen molar-refractivity contribution in [3.63, 3.8) is 0 Å². The van der Waals surface area contributed by atoms with E-state index in [0.29, 0.717) is 11.8 Å². The SMILES string of the molecule is CCCCCc1c(CCCCl)oc(CCCCl)c1C. The molecule has 0 fully saturated rings. The van der Waals surface area contributed by atoms with E-state index >= 15 is 0 Å². The van der Waals surface area contributed by atoms with E-state index in [4.69, 9.17) is 27.6 Å². The number of alkyl halides is 2. The highest BCUT2D eigenvalue weighted by Crippen LogP contribution is 2.26. The van der Waals surface area contributed by atoms with Crippen LogP contribution in [0.5, 0.6) is 0 Å². The molecular weight excluding hydrogens is 279 g/mol. The van der Waals surface area contributed by atoms with E-state index in [0.717, 1.165) is 37.9 Å². The first-order valence-electron chi connectivity index (χ1n) is 7.46. The zero-order valence-corrected chi connectivity index (χ0v) is 13.7. The second-order valence-electron chi connectivity index (χ2n) is 5.09. The Labute approximate surface area is 127 Å². The maximum Gasteiger partial charge on any atom is 0.107 e. The first-order valence-corrected chi connectivity index (χ1v) is 8.53. The Kier molecular flexibility index (Phi) is 8.65. The third-order valence-electron chi connectivity index (χ3n) is 3.56. The van der Waals surface area contributed by atoms with E-state index in [9.17, 15) is 0 Å². The van der Waals surface area contributed by atoms with Gasteiger partial charge in [0.05, 0.1) is 0 Å². The predicted molar refractivity (Wildman–Crippen MR) is 84.8 cm³/mol. The van der Waals surface area contributed by atoms with Crippen molar-refractivity contribution in [2.75, 3.05) is 11.8 Å². The van der Waals surface area contributed by atoms with Gasteiger partial charge >= 0.3 is 0 Å². The summed E-state index contributed by atoms with van der Waals surface area (Å²) in [6.07, 6.45) is 8.83. The van der Waals surface area contributed by atoms with Gasteiger partial charge in [0.25, 0.3) is 0 Å². The van der Waals surface area contributed by atoms with E-state index in [1.54, 1.807) is 0 Å². The number of hydrogen-bond donors (Lipinski definition) is 0. The predicted octanol–water partition coefficient (Wildman–Crippen LogP) is 5.66. The Morgan fingerprint density at radius 2 is 1.47 bits per heavy atom. The zero-order valence-electron chi connectivity index (χ0n) is 12.2.